The first-order chi connectivity index (χ1) is 13.8. The van der Waals surface area contributed by atoms with Gasteiger partial charge in [0.2, 0.25) is 0 Å². The maximum atomic E-state index is 4.24. The van der Waals surface area contributed by atoms with E-state index in [1.165, 1.54) is 39.0 Å². The van der Waals surface area contributed by atoms with Crippen LogP contribution in [-0.2, 0) is 4.32 Å². The minimum atomic E-state index is -0.391. The summed E-state index contributed by atoms with van der Waals surface area (Å²) in [5, 5.41) is 0. The third-order valence-corrected chi connectivity index (χ3v) is 6.74. The predicted molar refractivity (Wildman–Crippen MR) is 121 cm³/mol. The number of allylic oxidation sites excluding steroid dienone is 1. The van der Waals surface area contributed by atoms with Crippen LogP contribution in [0.3, 0.4) is 0 Å². The van der Waals surface area contributed by atoms with Crippen LogP contribution in [0.1, 0.15) is 27.8 Å². The average molecular weight is 423 g/mol. The first-order valence-electron chi connectivity index (χ1n) is 9.50. The van der Waals surface area contributed by atoms with Gasteiger partial charge in [-0.15, -0.1) is 0 Å². The molecule has 0 amide bonds. The van der Waals surface area contributed by atoms with Crippen LogP contribution >= 0.6 is 15.9 Å². The van der Waals surface area contributed by atoms with E-state index in [1.54, 1.807) is 0 Å². The van der Waals surface area contributed by atoms with Gasteiger partial charge in [-0.2, -0.15) is 0 Å². The topological polar surface area (TPSA) is 0 Å². The summed E-state index contributed by atoms with van der Waals surface area (Å²) in [4.78, 5) is 0. The van der Waals surface area contributed by atoms with E-state index in [0.29, 0.717) is 0 Å². The minimum absolute atomic E-state index is 0.391. The Morgan fingerprint density at radius 1 is 0.500 bits per heavy atom. The molecular formula is C27H19Br. The molecule has 1 atom stereocenters. The fourth-order valence-corrected chi connectivity index (χ4v) is 5.30. The second-order valence-electron chi connectivity index (χ2n) is 7.05. The Morgan fingerprint density at radius 2 is 1.00 bits per heavy atom. The van der Waals surface area contributed by atoms with Gasteiger partial charge in [-0.1, -0.05) is 131 Å². The van der Waals surface area contributed by atoms with Gasteiger partial charge in [0, 0.05) is 0 Å². The minimum Gasteiger partial charge on any atom is -0.0695 e. The van der Waals surface area contributed by atoms with E-state index < -0.39 is 4.32 Å². The quantitative estimate of drug-likeness (QED) is 0.303. The molecular weight excluding hydrogens is 404 g/mol. The molecule has 0 bridgehead atoms. The van der Waals surface area contributed by atoms with E-state index in [9.17, 15) is 0 Å². The van der Waals surface area contributed by atoms with Gasteiger partial charge in [0.05, 0.1) is 0 Å². The van der Waals surface area contributed by atoms with Crippen molar-refractivity contribution in [3.05, 3.63) is 143 Å². The summed E-state index contributed by atoms with van der Waals surface area (Å²) in [5.41, 5.74) is 8.89. The maximum absolute atomic E-state index is 4.24. The first-order valence-corrected chi connectivity index (χ1v) is 10.3. The van der Waals surface area contributed by atoms with Crippen LogP contribution in [0.5, 0.6) is 0 Å². The highest BCUT2D eigenvalue weighted by Gasteiger charge is 2.45. The van der Waals surface area contributed by atoms with Crippen molar-refractivity contribution < 1.29 is 0 Å². The molecule has 0 nitrogen and oxygen atoms in total. The smallest absolute Gasteiger partial charge is 0.0695 e. The van der Waals surface area contributed by atoms with Gasteiger partial charge in [0.1, 0.15) is 4.32 Å². The second kappa shape index (κ2) is 6.92. The van der Waals surface area contributed by atoms with Crippen molar-refractivity contribution >= 4 is 27.1 Å². The second-order valence-corrected chi connectivity index (χ2v) is 8.24. The Labute approximate surface area is 174 Å². The summed E-state index contributed by atoms with van der Waals surface area (Å²) < 4.78 is -0.391. The van der Waals surface area contributed by atoms with E-state index in [2.05, 4.69) is 131 Å². The van der Waals surface area contributed by atoms with Crippen molar-refractivity contribution in [2.24, 2.45) is 0 Å². The fourth-order valence-electron chi connectivity index (χ4n) is 4.26. The third-order valence-electron chi connectivity index (χ3n) is 5.46. The van der Waals surface area contributed by atoms with Gasteiger partial charge in [0.15, 0.2) is 0 Å². The van der Waals surface area contributed by atoms with E-state index in [4.69, 9.17) is 0 Å². The Hall–Kier alpha value is -2.90. The highest BCUT2D eigenvalue weighted by atomic mass is 79.9. The van der Waals surface area contributed by atoms with E-state index >= 15 is 0 Å². The molecule has 1 aliphatic carbocycles. The normalized spacial score (nSPS) is 18.2. The lowest BCUT2D eigenvalue weighted by Crippen LogP contribution is -2.19. The summed E-state index contributed by atoms with van der Waals surface area (Å²) >= 11 is 4.24. The molecule has 4 aromatic carbocycles. The largest absolute Gasteiger partial charge is 0.102 e. The van der Waals surface area contributed by atoms with Crippen LogP contribution in [0.25, 0.3) is 11.1 Å². The van der Waals surface area contributed by atoms with Crippen molar-refractivity contribution in [2.75, 3.05) is 0 Å². The molecule has 0 aromatic heterocycles. The molecule has 134 valence electrons. The maximum Gasteiger partial charge on any atom is 0.102 e. The van der Waals surface area contributed by atoms with Gasteiger partial charge in [-0.25, -0.2) is 0 Å². The fraction of sp³-hybridized carbons (Fsp3) is 0.0370. The van der Waals surface area contributed by atoms with Crippen LogP contribution in [0.2, 0.25) is 0 Å². The average Bonchev–Trinajstić information content (AvgIpc) is 3.06. The van der Waals surface area contributed by atoms with Crippen molar-refractivity contribution in [2.45, 2.75) is 4.32 Å². The van der Waals surface area contributed by atoms with E-state index in [1.807, 2.05) is 0 Å². The lowest BCUT2D eigenvalue weighted by Gasteiger charge is -2.29. The molecule has 28 heavy (non-hydrogen) atoms. The molecule has 0 saturated heterocycles. The van der Waals surface area contributed by atoms with Gasteiger partial charge in [0.25, 0.3) is 0 Å². The number of benzene rings is 4. The number of alkyl halides is 1. The molecule has 0 aliphatic heterocycles. The summed E-state index contributed by atoms with van der Waals surface area (Å²) in [6.07, 6.45) is 0. The standard InChI is InChI=1S/C27H19Br/c28-27(22-16-8-3-9-17-22)24-19-11-10-18-23(24)25(20-12-4-1-5-13-20)26(27)21-14-6-2-7-15-21/h1-19H. The van der Waals surface area contributed by atoms with Crippen LogP contribution in [0.15, 0.2) is 115 Å². The highest BCUT2D eigenvalue weighted by molar-refractivity contribution is 9.10. The van der Waals surface area contributed by atoms with Crippen molar-refractivity contribution in [3.63, 3.8) is 0 Å². The first kappa shape index (κ1) is 17.2. The molecule has 0 spiro atoms. The summed E-state index contributed by atoms with van der Waals surface area (Å²) in [5.74, 6) is 0. The summed E-state index contributed by atoms with van der Waals surface area (Å²) in [7, 11) is 0. The Kier molecular flexibility index (Phi) is 4.26. The molecule has 1 heteroatoms. The Balaban J connectivity index is 1.92. The summed E-state index contributed by atoms with van der Waals surface area (Å²) in [6.45, 7) is 0. The van der Waals surface area contributed by atoms with Crippen LogP contribution in [0.4, 0.5) is 0 Å². The number of rotatable bonds is 3. The Bertz CT molecular complexity index is 1140. The zero-order valence-corrected chi connectivity index (χ0v) is 16.9. The molecule has 1 aliphatic rings. The lowest BCUT2D eigenvalue weighted by atomic mass is 9.84. The van der Waals surface area contributed by atoms with Gasteiger partial charge < -0.3 is 0 Å². The van der Waals surface area contributed by atoms with Crippen molar-refractivity contribution in [3.8, 4) is 0 Å². The van der Waals surface area contributed by atoms with E-state index in [-0.39, 0.29) is 0 Å². The van der Waals surface area contributed by atoms with Crippen LogP contribution in [-0.4, -0.2) is 0 Å². The molecule has 5 rings (SSSR count). The van der Waals surface area contributed by atoms with Crippen molar-refractivity contribution in [1.82, 2.24) is 0 Å². The van der Waals surface area contributed by atoms with Crippen LogP contribution < -0.4 is 0 Å². The molecule has 0 heterocycles. The molecule has 4 aromatic rings. The van der Waals surface area contributed by atoms with Gasteiger partial charge in [-0.05, 0) is 39.0 Å². The molecule has 0 N–H and O–H groups in total. The third kappa shape index (κ3) is 2.58. The zero-order chi connectivity index (χ0) is 19.0. The molecule has 0 fully saturated rings. The zero-order valence-electron chi connectivity index (χ0n) is 15.3. The van der Waals surface area contributed by atoms with Gasteiger partial charge in [-0.3, -0.25) is 0 Å². The highest BCUT2D eigenvalue weighted by Crippen LogP contribution is 2.59. The summed E-state index contributed by atoms with van der Waals surface area (Å²) in [6, 6.07) is 40.9. The van der Waals surface area contributed by atoms with Crippen LogP contribution in [0, 0.1) is 0 Å². The lowest BCUT2D eigenvalue weighted by molar-refractivity contribution is 1.00. The number of halogens is 1. The molecule has 0 saturated carbocycles. The number of fused-ring (bicyclic) bond motifs is 1. The Morgan fingerprint density at radius 3 is 1.64 bits per heavy atom. The number of hydrogen-bond acceptors (Lipinski definition) is 0. The number of hydrogen-bond donors (Lipinski definition) is 0. The SMILES string of the molecule is BrC1(c2ccccc2)C(c2ccccc2)=C(c2ccccc2)c2ccccc21. The molecule has 0 radical (unpaired) electrons. The monoisotopic (exact) mass is 422 g/mol. The molecule has 1 unspecified atom stereocenters. The predicted octanol–water partition coefficient (Wildman–Crippen LogP) is 7.30. The van der Waals surface area contributed by atoms with Crippen molar-refractivity contribution in [1.29, 1.82) is 0 Å². The van der Waals surface area contributed by atoms with Gasteiger partial charge >= 0.3 is 0 Å². The van der Waals surface area contributed by atoms with E-state index in [0.717, 1.165) is 0 Å².